The van der Waals surface area contributed by atoms with Gasteiger partial charge in [-0.2, -0.15) is 4.52 Å². The van der Waals surface area contributed by atoms with E-state index in [0.717, 1.165) is 6.35 Å². The minimum absolute atomic E-state index is 0.458. The van der Waals surface area contributed by atoms with Crippen molar-refractivity contribution in [1.29, 1.82) is 0 Å². The summed E-state index contributed by atoms with van der Waals surface area (Å²) < 4.78 is 6.73. The Kier molecular flexibility index (Phi) is 11.9. The molecule has 0 bridgehead atoms. The fourth-order valence-electron chi connectivity index (χ4n) is 3.27. The standard InChI is InChI=1S/C25H22OP2.2BrH.Hg/c1-5-13-22(14-6-1)27(23-15-7-2-8-16-23)21-26-28(24-17-9-3-10-18-24)25-19-11-4-12-20-25;;;/h1-20H,21H2;2*1H;/q;;;+2. The fraction of sp³-hybridized carbons (Fsp3) is 0.0400. The molecule has 0 amide bonds. The Morgan fingerprint density at radius 1 is 0.516 bits per heavy atom. The van der Waals surface area contributed by atoms with E-state index in [1.54, 1.807) is 0 Å². The fourth-order valence-corrected chi connectivity index (χ4v) is 7.94. The maximum Gasteiger partial charge on any atom is 0.204 e. The predicted molar refractivity (Wildman–Crippen MR) is 145 cm³/mol. The molecule has 0 saturated heterocycles. The summed E-state index contributed by atoms with van der Waals surface area (Å²) in [5.74, 6) is 0. The number of hydrogen-bond donors (Lipinski definition) is 0. The van der Waals surface area contributed by atoms with Gasteiger partial charge in [-0.05, 0) is 48.5 Å². The number of hydrogen-bond acceptors (Lipinski definition) is 1. The molecule has 0 fully saturated rings. The Morgan fingerprint density at radius 3 is 1.13 bits per heavy atom. The molecular formula is C25H24Br2HgOP2+2. The average molecular weight is 763 g/mol. The van der Waals surface area contributed by atoms with Gasteiger partial charge < -0.3 is 0 Å². The van der Waals surface area contributed by atoms with Crippen LogP contribution in [0.2, 0.25) is 0 Å². The first-order valence-electron chi connectivity index (χ1n) is 10.0. The predicted octanol–water partition coefficient (Wildman–Crippen LogP) is 6.29. The maximum absolute atomic E-state index is 6.73. The van der Waals surface area contributed by atoms with Gasteiger partial charge in [-0.25, -0.2) is 0 Å². The van der Waals surface area contributed by atoms with Crippen LogP contribution < -0.4 is 21.2 Å². The Morgan fingerprint density at radius 2 is 0.806 bits per heavy atom. The number of benzene rings is 4. The molecule has 0 saturated carbocycles. The van der Waals surface area contributed by atoms with Gasteiger partial charge in [0.25, 0.3) is 0 Å². The third-order valence-corrected chi connectivity index (χ3v) is 9.61. The molecule has 4 aromatic carbocycles. The summed E-state index contributed by atoms with van der Waals surface area (Å²) in [6.45, 7) is 0. The quantitative estimate of drug-likeness (QED) is 0.159. The van der Waals surface area contributed by atoms with Crippen molar-refractivity contribution < 1.29 is 24.2 Å². The van der Waals surface area contributed by atoms with Crippen molar-refractivity contribution >= 4 is 61.1 Å². The molecule has 0 atom stereocenters. The summed E-state index contributed by atoms with van der Waals surface area (Å²) in [5, 5.41) is 5.37. The van der Waals surface area contributed by atoms with Crippen LogP contribution in [0.3, 0.4) is 0 Å². The van der Waals surface area contributed by atoms with Crippen molar-refractivity contribution in [1.82, 2.24) is 0 Å². The van der Waals surface area contributed by atoms with Crippen molar-refractivity contribution in [2.45, 2.75) is 0 Å². The third-order valence-electron chi connectivity index (χ3n) is 4.68. The Bertz CT molecular complexity index is 831. The van der Waals surface area contributed by atoms with Crippen molar-refractivity contribution in [3.05, 3.63) is 121 Å². The molecule has 0 spiro atoms. The van der Waals surface area contributed by atoms with Crippen LogP contribution in [0.25, 0.3) is 0 Å². The molecular weight excluding hydrogens is 739 g/mol. The average Bonchev–Trinajstić information content (AvgIpc) is 2.85. The second kappa shape index (κ2) is 14.7. The van der Waals surface area contributed by atoms with Crippen LogP contribution in [0.15, 0.2) is 121 Å². The zero-order valence-electron chi connectivity index (χ0n) is 17.1. The zero-order chi connectivity index (χ0) is 21.7. The van der Waals surface area contributed by atoms with Gasteiger partial charge in [0.1, 0.15) is 10.6 Å². The molecule has 154 valence electrons. The molecule has 0 aromatic heterocycles. The molecule has 0 unspecified atom stereocenters. The van der Waals surface area contributed by atoms with Gasteiger partial charge >= 0.3 is 43.5 Å². The van der Waals surface area contributed by atoms with Gasteiger partial charge in [0, 0.05) is 0 Å². The zero-order valence-corrected chi connectivity index (χ0v) is 27.8. The molecule has 4 rings (SSSR count). The van der Waals surface area contributed by atoms with E-state index in [0.29, 0.717) is 0 Å². The first kappa shape index (κ1) is 25.2. The van der Waals surface area contributed by atoms with Crippen molar-refractivity contribution in [2.75, 3.05) is 6.35 Å². The van der Waals surface area contributed by atoms with E-state index >= 15 is 0 Å². The Balaban J connectivity index is 0.000000858. The molecule has 31 heavy (non-hydrogen) atoms. The van der Waals surface area contributed by atoms with Crippen LogP contribution >= 0.6 is 39.9 Å². The van der Waals surface area contributed by atoms with E-state index in [9.17, 15) is 0 Å². The number of halogens is 2. The van der Waals surface area contributed by atoms with E-state index in [-0.39, 0.29) is 0 Å². The molecule has 0 heterocycles. The molecule has 1 nitrogen and oxygen atoms in total. The van der Waals surface area contributed by atoms with Crippen molar-refractivity contribution in [3.63, 3.8) is 0 Å². The van der Waals surface area contributed by atoms with E-state index in [4.69, 9.17) is 4.52 Å². The normalized spacial score (nSPS) is 10.3. The van der Waals surface area contributed by atoms with E-state index in [1.807, 2.05) is 0 Å². The smallest absolute Gasteiger partial charge is 0.190 e. The van der Waals surface area contributed by atoms with Gasteiger partial charge in [0.2, 0.25) is 14.5 Å². The molecule has 0 aliphatic heterocycles. The summed E-state index contributed by atoms with van der Waals surface area (Å²) in [7, 11) is -2.29. The molecule has 0 radical (unpaired) electrons. The van der Waals surface area contributed by atoms with Crippen LogP contribution in [0.4, 0.5) is 0 Å². The largest absolute Gasteiger partial charge is 0.204 e. The van der Waals surface area contributed by atoms with Crippen LogP contribution in [0.5, 0.6) is 0 Å². The van der Waals surface area contributed by atoms with Gasteiger partial charge in [-0.3, -0.25) is 0 Å². The summed E-state index contributed by atoms with van der Waals surface area (Å²) in [6.07, 6.45) is 0.761. The summed E-state index contributed by atoms with van der Waals surface area (Å²) in [5.41, 5.74) is 0. The summed E-state index contributed by atoms with van der Waals surface area (Å²) in [4.78, 5) is 0. The van der Waals surface area contributed by atoms with Gasteiger partial charge in [0.05, 0.1) is 18.5 Å². The molecule has 4 aromatic rings. The van der Waals surface area contributed by atoms with Gasteiger partial charge in [-0.1, -0.05) is 72.8 Å². The molecule has 0 N–H and O–H groups in total. The van der Waals surface area contributed by atoms with Crippen molar-refractivity contribution in [3.8, 4) is 0 Å². The number of rotatable bonds is 7. The van der Waals surface area contributed by atoms with Crippen LogP contribution in [0, 0.1) is 0 Å². The molecule has 6 heteroatoms. The second-order valence-electron chi connectivity index (χ2n) is 6.66. The van der Waals surface area contributed by atoms with E-state index in [1.165, 1.54) is 21.2 Å². The molecule has 0 aliphatic carbocycles. The summed E-state index contributed by atoms with van der Waals surface area (Å²) in [6, 6.07) is 42.9. The SMILES string of the molecule is [Br][Hg][Br].c1ccc([PH+](CO[PH+](c2ccccc2)c2ccccc2)c2ccccc2)cc1. The minimum Gasteiger partial charge on any atom is -0.190 e. The first-order valence-corrected chi connectivity index (χ1v) is 37.0. The minimum atomic E-state index is -1.28. The second-order valence-corrected chi connectivity index (χ2v) is 35.0. The van der Waals surface area contributed by atoms with Crippen LogP contribution in [-0.4, -0.2) is 6.35 Å². The van der Waals surface area contributed by atoms with Crippen LogP contribution in [0.1, 0.15) is 0 Å². The van der Waals surface area contributed by atoms with Crippen LogP contribution in [-0.2, 0) is 24.2 Å². The Hall–Kier alpha value is -0.405. The third kappa shape index (κ3) is 8.15. The summed E-state index contributed by atoms with van der Waals surface area (Å²) >= 11 is 6.11. The Labute approximate surface area is 211 Å². The molecule has 0 aliphatic rings. The van der Waals surface area contributed by atoms with Gasteiger partial charge in [0.15, 0.2) is 0 Å². The first-order chi connectivity index (χ1) is 15.3. The monoisotopic (exact) mass is 762 g/mol. The van der Waals surface area contributed by atoms with E-state index in [2.05, 4.69) is 145 Å². The van der Waals surface area contributed by atoms with Crippen molar-refractivity contribution in [2.24, 2.45) is 0 Å². The topological polar surface area (TPSA) is 9.23 Å². The maximum atomic E-state index is 6.73. The van der Waals surface area contributed by atoms with E-state index < -0.39 is 35.8 Å². The van der Waals surface area contributed by atoms with Gasteiger partial charge in [-0.15, -0.1) is 0 Å².